The van der Waals surface area contributed by atoms with Crippen molar-refractivity contribution in [1.82, 2.24) is 4.90 Å². The van der Waals surface area contributed by atoms with Gasteiger partial charge in [0.2, 0.25) is 5.91 Å². The predicted octanol–water partition coefficient (Wildman–Crippen LogP) is 4.47. The topological polar surface area (TPSA) is 49.4 Å². The molecule has 27 heavy (non-hydrogen) atoms. The van der Waals surface area contributed by atoms with Gasteiger partial charge in [0, 0.05) is 30.8 Å². The molecule has 0 bridgehead atoms. The normalized spacial score (nSPS) is 13.9. The zero-order chi connectivity index (χ0) is 19.6. The highest BCUT2D eigenvalue weighted by atomic mass is 19.4. The van der Waals surface area contributed by atoms with E-state index in [1.807, 2.05) is 0 Å². The molecule has 2 amide bonds. The third-order valence-electron chi connectivity index (χ3n) is 4.33. The number of carbonyl (C=O) groups excluding carboxylic acids is 2. The molecule has 7 heteroatoms. The van der Waals surface area contributed by atoms with Crippen LogP contribution in [0.4, 0.5) is 18.9 Å². The Morgan fingerprint density at radius 1 is 1.04 bits per heavy atom. The molecule has 1 saturated carbocycles. The van der Waals surface area contributed by atoms with Crippen molar-refractivity contribution in [3.8, 4) is 0 Å². The van der Waals surface area contributed by atoms with E-state index in [4.69, 9.17) is 0 Å². The van der Waals surface area contributed by atoms with Crippen LogP contribution in [0.15, 0.2) is 48.5 Å². The van der Waals surface area contributed by atoms with Crippen molar-refractivity contribution in [3.63, 3.8) is 0 Å². The lowest BCUT2D eigenvalue weighted by molar-refractivity contribution is -0.137. The number of amides is 2. The molecule has 2 aromatic carbocycles. The second-order valence-corrected chi connectivity index (χ2v) is 6.62. The van der Waals surface area contributed by atoms with Crippen LogP contribution in [-0.2, 0) is 17.5 Å². The first-order valence-electron chi connectivity index (χ1n) is 8.59. The van der Waals surface area contributed by atoms with E-state index in [2.05, 4.69) is 5.32 Å². The summed E-state index contributed by atoms with van der Waals surface area (Å²) >= 11 is 0. The van der Waals surface area contributed by atoms with E-state index in [9.17, 15) is 22.8 Å². The summed E-state index contributed by atoms with van der Waals surface area (Å²) in [6, 6.07) is 11.6. The first-order chi connectivity index (χ1) is 12.7. The van der Waals surface area contributed by atoms with Crippen LogP contribution in [0.2, 0.25) is 0 Å². The fourth-order valence-electron chi connectivity index (χ4n) is 2.81. The molecule has 0 atom stereocenters. The van der Waals surface area contributed by atoms with E-state index in [0.29, 0.717) is 16.8 Å². The first kappa shape index (κ1) is 18.9. The van der Waals surface area contributed by atoms with E-state index < -0.39 is 11.7 Å². The summed E-state index contributed by atoms with van der Waals surface area (Å²) in [5.74, 6) is -0.372. The quantitative estimate of drug-likeness (QED) is 0.837. The van der Waals surface area contributed by atoms with Crippen molar-refractivity contribution in [3.05, 3.63) is 65.2 Å². The van der Waals surface area contributed by atoms with Gasteiger partial charge >= 0.3 is 6.18 Å². The van der Waals surface area contributed by atoms with Crippen molar-refractivity contribution in [2.45, 2.75) is 38.5 Å². The van der Waals surface area contributed by atoms with E-state index in [1.54, 1.807) is 29.2 Å². The van der Waals surface area contributed by atoms with Crippen molar-refractivity contribution in [1.29, 1.82) is 0 Å². The summed E-state index contributed by atoms with van der Waals surface area (Å²) in [4.78, 5) is 25.6. The molecule has 1 aliphatic carbocycles. The van der Waals surface area contributed by atoms with Gasteiger partial charge in [0.1, 0.15) is 0 Å². The number of rotatable bonds is 5. The maximum absolute atomic E-state index is 12.8. The van der Waals surface area contributed by atoms with Gasteiger partial charge in [-0.15, -0.1) is 0 Å². The van der Waals surface area contributed by atoms with Crippen molar-refractivity contribution < 1.29 is 22.8 Å². The average molecular weight is 376 g/mol. The molecule has 1 aliphatic rings. The number of hydrogen-bond donors (Lipinski definition) is 1. The van der Waals surface area contributed by atoms with Gasteiger partial charge in [0.25, 0.3) is 5.91 Å². The molecule has 0 aliphatic heterocycles. The fourth-order valence-corrected chi connectivity index (χ4v) is 2.81. The van der Waals surface area contributed by atoms with Crippen LogP contribution in [0.5, 0.6) is 0 Å². The molecule has 2 aromatic rings. The summed E-state index contributed by atoms with van der Waals surface area (Å²) < 4.78 is 38.1. The summed E-state index contributed by atoms with van der Waals surface area (Å²) in [7, 11) is 0. The predicted molar refractivity (Wildman–Crippen MR) is 95.1 cm³/mol. The van der Waals surface area contributed by atoms with Crippen molar-refractivity contribution >= 4 is 17.5 Å². The van der Waals surface area contributed by atoms with Crippen LogP contribution in [0.25, 0.3) is 0 Å². The molecule has 1 fully saturated rings. The molecular weight excluding hydrogens is 357 g/mol. The molecule has 0 heterocycles. The summed E-state index contributed by atoms with van der Waals surface area (Å²) in [5.41, 5.74) is 1.02. The van der Waals surface area contributed by atoms with E-state index in [1.165, 1.54) is 19.1 Å². The maximum Gasteiger partial charge on any atom is 0.416 e. The standard InChI is InChI=1S/C20H19F3N2O2/c1-13(26)24-17-8-4-15(5-9-17)19(27)25(18-10-11-18)12-14-2-6-16(7-3-14)20(21,22)23/h2-9,18H,10-12H2,1H3,(H,24,26). The Morgan fingerprint density at radius 3 is 2.11 bits per heavy atom. The van der Waals surface area contributed by atoms with Crippen molar-refractivity contribution in [2.24, 2.45) is 0 Å². The number of alkyl halides is 3. The minimum atomic E-state index is -4.37. The lowest BCUT2D eigenvalue weighted by Gasteiger charge is -2.23. The second kappa shape index (κ2) is 7.42. The molecule has 0 radical (unpaired) electrons. The van der Waals surface area contributed by atoms with Gasteiger partial charge in [-0.1, -0.05) is 12.1 Å². The van der Waals surface area contributed by atoms with E-state index >= 15 is 0 Å². The molecule has 0 unspecified atom stereocenters. The van der Waals surface area contributed by atoms with Crippen LogP contribution in [0.3, 0.4) is 0 Å². The van der Waals surface area contributed by atoms with Gasteiger partial charge in [0.15, 0.2) is 0 Å². The number of hydrogen-bond acceptors (Lipinski definition) is 2. The Bertz CT molecular complexity index is 826. The number of benzene rings is 2. The summed E-state index contributed by atoms with van der Waals surface area (Å²) in [6.45, 7) is 1.66. The van der Waals surface area contributed by atoms with Crippen molar-refractivity contribution in [2.75, 3.05) is 5.32 Å². The monoisotopic (exact) mass is 376 g/mol. The lowest BCUT2D eigenvalue weighted by atomic mass is 10.1. The van der Waals surface area contributed by atoms with Gasteiger partial charge < -0.3 is 10.2 Å². The Morgan fingerprint density at radius 2 is 1.63 bits per heavy atom. The average Bonchev–Trinajstić information content (AvgIpc) is 3.44. The summed E-state index contributed by atoms with van der Waals surface area (Å²) in [5, 5.41) is 2.64. The molecular formula is C20H19F3N2O2. The lowest BCUT2D eigenvalue weighted by Crippen LogP contribution is -2.32. The molecule has 0 spiro atoms. The Hall–Kier alpha value is -2.83. The van der Waals surface area contributed by atoms with Gasteiger partial charge in [0.05, 0.1) is 5.56 Å². The van der Waals surface area contributed by atoms with Crippen LogP contribution in [-0.4, -0.2) is 22.8 Å². The first-order valence-corrected chi connectivity index (χ1v) is 8.59. The Kier molecular flexibility index (Phi) is 5.21. The Labute approximate surface area is 155 Å². The van der Waals surface area contributed by atoms with Crippen LogP contribution in [0, 0.1) is 0 Å². The molecule has 1 N–H and O–H groups in total. The number of carbonyl (C=O) groups is 2. The largest absolute Gasteiger partial charge is 0.416 e. The molecule has 4 nitrogen and oxygen atoms in total. The van der Waals surface area contributed by atoms with Gasteiger partial charge in [-0.05, 0) is 54.8 Å². The maximum atomic E-state index is 12.8. The zero-order valence-corrected chi connectivity index (χ0v) is 14.7. The zero-order valence-electron chi connectivity index (χ0n) is 14.7. The fraction of sp³-hybridized carbons (Fsp3) is 0.300. The second-order valence-electron chi connectivity index (χ2n) is 6.62. The highest BCUT2D eigenvalue weighted by Crippen LogP contribution is 2.32. The van der Waals surface area contributed by atoms with Crippen LogP contribution >= 0.6 is 0 Å². The number of nitrogens with one attached hydrogen (secondary N) is 1. The Balaban J connectivity index is 1.73. The number of anilines is 1. The van der Waals surface area contributed by atoms with Gasteiger partial charge in [-0.25, -0.2) is 0 Å². The molecule has 0 saturated heterocycles. The molecule has 142 valence electrons. The van der Waals surface area contributed by atoms with Gasteiger partial charge in [-0.3, -0.25) is 9.59 Å². The number of nitrogens with zero attached hydrogens (tertiary/aromatic N) is 1. The highest BCUT2D eigenvalue weighted by molar-refractivity contribution is 5.95. The van der Waals surface area contributed by atoms with E-state index in [-0.39, 0.29) is 24.4 Å². The SMILES string of the molecule is CC(=O)Nc1ccc(C(=O)N(Cc2ccc(C(F)(F)F)cc2)C2CC2)cc1. The summed E-state index contributed by atoms with van der Waals surface area (Å²) in [6.07, 6.45) is -2.60. The van der Waals surface area contributed by atoms with E-state index in [0.717, 1.165) is 25.0 Å². The number of halogens is 3. The minimum Gasteiger partial charge on any atom is -0.331 e. The third kappa shape index (κ3) is 4.87. The molecule has 0 aromatic heterocycles. The third-order valence-corrected chi connectivity index (χ3v) is 4.33. The highest BCUT2D eigenvalue weighted by Gasteiger charge is 2.34. The minimum absolute atomic E-state index is 0.106. The van der Waals surface area contributed by atoms with Crippen LogP contribution in [0.1, 0.15) is 41.3 Å². The smallest absolute Gasteiger partial charge is 0.331 e. The van der Waals surface area contributed by atoms with Crippen LogP contribution < -0.4 is 5.32 Å². The molecule has 3 rings (SSSR count). The van der Waals surface area contributed by atoms with Gasteiger partial charge in [-0.2, -0.15) is 13.2 Å².